The molecule has 1 aliphatic rings. The molecule has 1 atom stereocenters. The Labute approximate surface area is 127 Å². The number of nitrogens with one attached hydrogen (secondary N) is 1. The monoisotopic (exact) mass is 290 g/mol. The van der Waals surface area contributed by atoms with Crippen LogP contribution < -0.4 is 11.1 Å². The molecule has 0 saturated heterocycles. The Bertz CT molecular complexity index is 416. The number of hydrogen-bond donors (Lipinski definition) is 2. The first-order valence-corrected chi connectivity index (χ1v) is 7.92. The number of hydrogen-bond acceptors (Lipinski definition) is 3. The number of ether oxygens (including phenoxy) is 1. The summed E-state index contributed by atoms with van der Waals surface area (Å²) in [4.78, 5) is 10.6. The molecule has 4 nitrogen and oxygen atoms in total. The van der Waals surface area contributed by atoms with E-state index in [-0.39, 0.29) is 6.61 Å². The van der Waals surface area contributed by atoms with E-state index in [1.807, 2.05) is 0 Å². The molecule has 21 heavy (non-hydrogen) atoms. The Kier molecular flexibility index (Phi) is 6.70. The molecule has 1 saturated carbocycles. The van der Waals surface area contributed by atoms with Crippen molar-refractivity contribution >= 4 is 5.91 Å². The molecule has 1 aliphatic carbocycles. The number of amides is 1. The predicted octanol–water partition coefficient (Wildman–Crippen LogP) is 2.40. The second kappa shape index (κ2) is 8.80. The minimum atomic E-state index is -0.415. The van der Waals surface area contributed by atoms with Crippen LogP contribution >= 0.6 is 0 Å². The summed E-state index contributed by atoms with van der Waals surface area (Å²) < 4.78 is 5.23. The molecule has 4 heteroatoms. The van der Waals surface area contributed by atoms with Crippen molar-refractivity contribution in [3.8, 4) is 0 Å². The minimum absolute atomic E-state index is 0.00110. The third-order valence-corrected chi connectivity index (χ3v) is 4.13. The van der Waals surface area contributed by atoms with E-state index < -0.39 is 5.91 Å². The van der Waals surface area contributed by atoms with Crippen LogP contribution in [0.3, 0.4) is 0 Å². The van der Waals surface area contributed by atoms with Crippen molar-refractivity contribution in [2.24, 2.45) is 11.7 Å². The van der Waals surface area contributed by atoms with Gasteiger partial charge < -0.3 is 15.8 Å². The predicted molar refractivity (Wildman–Crippen MR) is 83.8 cm³/mol. The lowest BCUT2D eigenvalue weighted by Gasteiger charge is -2.31. The number of carbonyl (C=O) groups is 1. The summed E-state index contributed by atoms with van der Waals surface area (Å²) in [5.41, 5.74) is 6.40. The first-order valence-electron chi connectivity index (χ1n) is 7.92. The van der Waals surface area contributed by atoms with Crippen LogP contribution in [0.25, 0.3) is 0 Å². The van der Waals surface area contributed by atoms with Gasteiger partial charge in [0.15, 0.2) is 0 Å². The van der Waals surface area contributed by atoms with Gasteiger partial charge in [0.1, 0.15) is 6.61 Å². The van der Waals surface area contributed by atoms with Crippen LogP contribution in [0.15, 0.2) is 30.3 Å². The van der Waals surface area contributed by atoms with Crippen molar-refractivity contribution in [3.63, 3.8) is 0 Å². The standard InChI is InChI=1S/C17H26N2O2/c18-16(20)13-21-12-11-19-17(14-7-3-1-4-8-14)15-9-5-2-6-10-15/h1,3-4,7-8,15,17,19H,2,5-6,9-13H2,(H2,18,20). The fourth-order valence-corrected chi connectivity index (χ4v) is 3.14. The fraction of sp³-hybridized carbons (Fsp3) is 0.588. The summed E-state index contributed by atoms with van der Waals surface area (Å²) in [6.07, 6.45) is 6.59. The highest BCUT2D eigenvalue weighted by molar-refractivity contribution is 5.74. The molecule has 1 aromatic rings. The molecule has 0 aliphatic heterocycles. The van der Waals surface area contributed by atoms with Crippen LogP contribution in [0.5, 0.6) is 0 Å². The number of nitrogens with two attached hydrogens (primary N) is 1. The Morgan fingerprint density at radius 3 is 2.62 bits per heavy atom. The van der Waals surface area contributed by atoms with E-state index in [2.05, 4.69) is 35.6 Å². The molecule has 0 heterocycles. The number of benzene rings is 1. The topological polar surface area (TPSA) is 64.4 Å². The van der Waals surface area contributed by atoms with Gasteiger partial charge in [-0.15, -0.1) is 0 Å². The van der Waals surface area contributed by atoms with Gasteiger partial charge in [-0.05, 0) is 24.3 Å². The van der Waals surface area contributed by atoms with Crippen molar-refractivity contribution in [2.75, 3.05) is 19.8 Å². The fourth-order valence-electron chi connectivity index (χ4n) is 3.14. The summed E-state index contributed by atoms with van der Waals surface area (Å²) >= 11 is 0. The molecule has 116 valence electrons. The van der Waals surface area contributed by atoms with Gasteiger partial charge in [0.25, 0.3) is 0 Å². The Balaban J connectivity index is 1.88. The highest BCUT2D eigenvalue weighted by Gasteiger charge is 2.24. The zero-order valence-corrected chi connectivity index (χ0v) is 12.6. The second-order valence-electron chi connectivity index (χ2n) is 5.76. The van der Waals surface area contributed by atoms with Gasteiger partial charge in [0, 0.05) is 12.6 Å². The van der Waals surface area contributed by atoms with Crippen LogP contribution in [0.4, 0.5) is 0 Å². The molecular formula is C17H26N2O2. The number of rotatable bonds is 8. The largest absolute Gasteiger partial charge is 0.370 e. The second-order valence-corrected chi connectivity index (χ2v) is 5.76. The van der Waals surface area contributed by atoms with Crippen molar-refractivity contribution in [1.29, 1.82) is 0 Å². The maximum Gasteiger partial charge on any atom is 0.243 e. The molecule has 2 rings (SSSR count). The van der Waals surface area contributed by atoms with E-state index in [1.54, 1.807) is 0 Å². The lowest BCUT2D eigenvalue weighted by molar-refractivity contribution is -0.122. The van der Waals surface area contributed by atoms with E-state index in [4.69, 9.17) is 10.5 Å². The van der Waals surface area contributed by atoms with E-state index in [0.29, 0.717) is 18.6 Å². The Hall–Kier alpha value is -1.39. The van der Waals surface area contributed by atoms with E-state index >= 15 is 0 Å². The van der Waals surface area contributed by atoms with Gasteiger partial charge >= 0.3 is 0 Å². The summed E-state index contributed by atoms with van der Waals surface area (Å²) in [5.74, 6) is 0.277. The normalized spacial score (nSPS) is 17.5. The third-order valence-electron chi connectivity index (χ3n) is 4.13. The van der Waals surface area contributed by atoms with E-state index in [0.717, 1.165) is 6.54 Å². The van der Waals surface area contributed by atoms with Gasteiger partial charge in [-0.25, -0.2) is 0 Å². The van der Waals surface area contributed by atoms with Gasteiger partial charge in [0.2, 0.25) is 5.91 Å². The maximum atomic E-state index is 10.6. The molecule has 0 radical (unpaired) electrons. The Morgan fingerprint density at radius 1 is 1.24 bits per heavy atom. The van der Waals surface area contributed by atoms with E-state index in [9.17, 15) is 4.79 Å². The van der Waals surface area contributed by atoms with E-state index in [1.165, 1.54) is 37.7 Å². The summed E-state index contributed by atoms with van der Waals surface area (Å²) in [5, 5.41) is 3.60. The molecule has 3 N–H and O–H groups in total. The molecule has 0 aromatic heterocycles. The lowest BCUT2D eigenvalue weighted by Crippen LogP contribution is -2.32. The molecule has 1 fully saturated rings. The maximum absolute atomic E-state index is 10.6. The first-order chi connectivity index (χ1) is 10.3. The highest BCUT2D eigenvalue weighted by atomic mass is 16.5. The SMILES string of the molecule is NC(=O)COCCNC(c1ccccc1)C1CCCCC1. The summed E-state index contributed by atoms with van der Waals surface area (Å²) in [6, 6.07) is 11.0. The van der Waals surface area contributed by atoms with Crippen LogP contribution in [-0.2, 0) is 9.53 Å². The van der Waals surface area contributed by atoms with Gasteiger partial charge in [0.05, 0.1) is 6.61 Å². The average Bonchev–Trinajstić information content (AvgIpc) is 2.52. The molecule has 0 bridgehead atoms. The van der Waals surface area contributed by atoms with Gasteiger partial charge in [-0.3, -0.25) is 4.79 Å². The summed E-state index contributed by atoms with van der Waals surface area (Å²) in [7, 11) is 0. The van der Waals surface area contributed by atoms with Crippen LogP contribution in [0, 0.1) is 5.92 Å². The number of carbonyl (C=O) groups excluding carboxylic acids is 1. The summed E-state index contributed by atoms with van der Waals surface area (Å²) in [6.45, 7) is 1.25. The van der Waals surface area contributed by atoms with Crippen molar-refractivity contribution in [3.05, 3.63) is 35.9 Å². The zero-order valence-electron chi connectivity index (χ0n) is 12.6. The average molecular weight is 290 g/mol. The van der Waals surface area contributed by atoms with Gasteiger partial charge in [-0.1, -0.05) is 49.6 Å². The molecule has 1 unspecified atom stereocenters. The van der Waals surface area contributed by atoms with Crippen molar-refractivity contribution < 1.29 is 9.53 Å². The van der Waals surface area contributed by atoms with Crippen molar-refractivity contribution in [2.45, 2.75) is 38.1 Å². The third kappa shape index (κ3) is 5.48. The molecule has 0 spiro atoms. The zero-order chi connectivity index (χ0) is 14.9. The first kappa shape index (κ1) is 16.0. The molecule has 1 aromatic carbocycles. The quantitative estimate of drug-likeness (QED) is 0.723. The van der Waals surface area contributed by atoms with Gasteiger partial charge in [-0.2, -0.15) is 0 Å². The van der Waals surface area contributed by atoms with Crippen LogP contribution in [-0.4, -0.2) is 25.7 Å². The van der Waals surface area contributed by atoms with Crippen molar-refractivity contribution in [1.82, 2.24) is 5.32 Å². The van der Waals surface area contributed by atoms with Crippen LogP contribution in [0.1, 0.15) is 43.7 Å². The molecular weight excluding hydrogens is 264 g/mol. The smallest absolute Gasteiger partial charge is 0.243 e. The Morgan fingerprint density at radius 2 is 1.95 bits per heavy atom. The van der Waals surface area contributed by atoms with Crippen LogP contribution in [0.2, 0.25) is 0 Å². The highest BCUT2D eigenvalue weighted by Crippen LogP contribution is 2.34. The lowest BCUT2D eigenvalue weighted by atomic mass is 9.81. The number of primary amides is 1. The molecule has 1 amide bonds. The minimum Gasteiger partial charge on any atom is -0.370 e.